The number of carbonyl (C=O) groups is 12. The van der Waals surface area contributed by atoms with E-state index >= 15 is 28.8 Å². The van der Waals surface area contributed by atoms with Crippen LogP contribution in [0.25, 0.3) is 20.9 Å². The lowest BCUT2D eigenvalue weighted by Crippen LogP contribution is -2.65. The average Bonchev–Trinajstić information content (AvgIpc) is 1.06. The summed E-state index contributed by atoms with van der Waals surface area (Å²) in [6.07, 6.45) is -1.81. The van der Waals surface area contributed by atoms with Gasteiger partial charge in [0.15, 0.2) is 23.8 Å². The number of guanidine groups is 4. The van der Waals surface area contributed by atoms with Crippen molar-refractivity contribution in [1.82, 2.24) is 79.3 Å². The van der Waals surface area contributed by atoms with Crippen LogP contribution in [0.15, 0.2) is 72.1 Å². The summed E-state index contributed by atoms with van der Waals surface area (Å²) in [5.41, 5.74) is 22.5. The number of carbonyl (C=O) groups excluding carboxylic acids is 11. The predicted octanol–water partition coefficient (Wildman–Crippen LogP) is -1.17. The number of nitrogens with zero attached hydrogens (tertiary/aromatic N) is 1. The second-order valence-electron chi connectivity index (χ2n) is 29.7. The number of rotatable bonds is 29. The highest BCUT2D eigenvalue weighted by atomic mass is 33.1. The van der Waals surface area contributed by atoms with Gasteiger partial charge in [-0.15, -0.1) is 11.3 Å². The molecule has 2 saturated heterocycles. The molecule has 624 valence electrons. The number of fused-ring (bicyclic) bond motifs is 3. The van der Waals surface area contributed by atoms with Gasteiger partial charge >= 0.3 is 5.97 Å². The lowest BCUT2D eigenvalue weighted by molar-refractivity contribution is -0.146. The first-order chi connectivity index (χ1) is 53.8. The normalized spacial score (nSPS) is 21.5. The number of piperidine rings is 1. The third-order valence-electron chi connectivity index (χ3n) is 19.0. The number of aliphatic hydroxyl groups excluding tert-OH is 1. The summed E-state index contributed by atoms with van der Waals surface area (Å²) < 4.78 is -0.742. The highest BCUT2D eigenvalue weighted by Crippen LogP contribution is 2.39. The lowest BCUT2D eigenvalue weighted by Gasteiger charge is -2.40. The Morgan fingerprint density at radius 1 is 0.623 bits per heavy atom. The van der Waals surface area contributed by atoms with Crippen molar-refractivity contribution in [3.05, 3.63) is 83.2 Å². The monoisotopic (exact) mass is 1640 g/mol. The largest absolute Gasteiger partial charge is 0.480 e. The maximum atomic E-state index is 16.0. The minimum absolute atomic E-state index is 0.00391. The van der Waals surface area contributed by atoms with Crippen LogP contribution in [-0.2, 0) is 70.4 Å². The van der Waals surface area contributed by atoms with Gasteiger partial charge < -0.3 is 112 Å². The Morgan fingerprint density at radius 3 is 1.68 bits per heavy atom. The maximum absolute atomic E-state index is 16.0. The van der Waals surface area contributed by atoms with Crippen LogP contribution >= 0.6 is 32.9 Å². The highest BCUT2D eigenvalue weighted by Gasteiger charge is 2.45. The second-order valence-corrected chi connectivity index (χ2v) is 33.6. The zero-order valence-electron chi connectivity index (χ0n) is 65.1. The van der Waals surface area contributed by atoms with E-state index < -0.39 is 178 Å². The van der Waals surface area contributed by atoms with Gasteiger partial charge in [-0.2, -0.15) is 0 Å². The Kier molecular flexibility index (Phi) is 35.6. The molecule has 0 bridgehead atoms. The zero-order valence-corrected chi connectivity index (χ0v) is 67.5. The number of nitrogens with two attached hydrogens (primary N) is 4. The molecule has 1 aromatic heterocycles. The van der Waals surface area contributed by atoms with Gasteiger partial charge in [-0.25, -0.2) is 4.79 Å². The first-order valence-corrected chi connectivity index (χ1v) is 40.8. The fraction of sp³-hybridized carbons (Fsp3) is 0.541. The number of benzene rings is 3. The zero-order chi connectivity index (χ0) is 84.1. The van der Waals surface area contributed by atoms with Crippen LogP contribution in [0.2, 0.25) is 0 Å². The molecule has 4 aromatic rings. The molecule has 114 heavy (non-hydrogen) atoms. The summed E-state index contributed by atoms with van der Waals surface area (Å²) in [6.45, 7) is 10.1. The van der Waals surface area contributed by atoms with Crippen LogP contribution < -0.4 is 97.4 Å². The van der Waals surface area contributed by atoms with Crippen molar-refractivity contribution in [2.45, 2.75) is 209 Å². The van der Waals surface area contributed by atoms with Gasteiger partial charge in [0.05, 0.1) is 6.10 Å². The molecule has 2 aliphatic heterocycles. The van der Waals surface area contributed by atoms with Crippen molar-refractivity contribution in [3.8, 4) is 0 Å². The van der Waals surface area contributed by atoms with E-state index in [1.54, 1.807) is 26.8 Å². The van der Waals surface area contributed by atoms with E-state index in [0.717, 1.165) is 49.4 Å². The van der Waals surface area contributed by atoms with Gasteiger partial charge in [0.25, 0.3) is 0 Å². The quantitative estimate of drug-likeness (QED) is 0.0132. The molecular formula is C74H111N23O14S3. The van der Waals surface area contributed by atoms with E-state index in [9.17, 15) is 39.0 Å². The van der Waals surface area contributed by atoms with Crippen molar-refractivity contribution in [2.75, 3.05) is 38.5 Å². The van der Waals surface area contributed by atoms with Crippen molar-refractivity contribution in [1.29, 1.82) is 21.6 Å². The SMILES string of the molecule is CC(=O)N[C@H]1CSSC(C)(C)[C@@H](C(=O)N[C@H](C(=O)N[C@@H](CCCNC(=N)N)C(=O)N[C@H](C(=O)O)C(C)(C)C)[C@@H](C)O)NC(=O)[C@@H]2CCCCN2C(=O)[C@H](Cc2csc3ccccc23)NC(=O)[C@H](Cc2ccc3ccccc3c2)NC(=O)[C@H](CCCNC(=N)N)NC(=O)[C@H](CCCNC(=N)N)NC(=O)[C@@H](CCCNC(=N)N)NC1=O. The molecule has 37 nitrogen and oxygen atoms in total. The second kappa shape index (κ2) is 44.1. The molecule has 0 spiro atoms. The maximum Gasteiger partial charge on any atom is 0.326 e. The summed E-state index contributed by atoms with van der Waals surface area (Å²) in [6, 6.07) is 3.10. The number of carboxylic acid groups (broad SMARTS) is 1. The van der Waals surface area contributed by atoms with Gasteiger partial charge in [0, 0.05) is 67.7 Å². The van der Waals surface area contributed by atoms with Gasteiger partial charge in [-0.3, -0.25) is 74.4 Å². The molecule has 0 aliphatic carbocycles. The number of hydrogen-bond donors (Lipinski definition) is 24. The summed E-state index contributed by atoms with van der Waals surface area (Å²) in [7, 11) is 1.84. The van der Waals surface area contributed by atoms with Crippen molar-refractivity contribution >= 4 is 149 Å². The van der Waals surface area contributed by atoms with Crippen LogP contribution in [0, 0.1) is 27.1 Å². The van der Waals surface area contributed by atoms with Gasteiger partial charge in [-0.05, 0) is 136 Å². The number of amides is 11. The number of hydrogen-bond acceptors (Lipinski definition) is 20. The molecule has 40 heteroatoms. The van der Waals surface area contributed by atoms with E-state index in [1.165, 1.54) is 37.0 Å². The van der Waals surface area contributed by atoms with Crippen LogP contribution in [0.3, 0.4) is 0 Å². The summed E-state index contributed by atoms with van der Waals surface area (Å²) >= 11 is 1.38. The van der Waals surface area contributed by atoms with Gasteiger partial charge in [0.2, 0.25) is 65.0 Å². The lowest BCUT2D eigenvalue weighted by atomic mass is 9.86. The topological polar surface area (TPSA) is 616 Å². The summed E-state index contributed by atoms with van der Waals surface area (Å²) in [5, 5.41) is 94.4. The summed E-state index contributed by atoms with van der Waals surface area (Å²) in [5.74, 6) is -13.4. The number of aliphatic carboxylic acids is 1. The van der Waals surface area contributed by atoms with E-state index in [0.29, 0.717) is 24.0 Å². The van der Waals surface area contributed by atoms with E-state index in [-0.39, 0.29) is 109 Å². The molecular weight excluding hydrogens is 1530 g/mol. The third-order valence-corrected chi connectivity index (χ3v) is 23.3. The minimum atomic E-state index is -1.92. The molecule has 2 aliphatic rings. The molecule has 12 atom stereocenters. The van der Waals surface area contributed by atoms with Gasteiger partial charge in [0.1, 0.15) is 66.5 Å². The highest BCUT2D eigenvalue weighted by molar-refractivity contribution is 8.77. The average molecular weight is 1640 g/mol. The molecule has 2 fully saturated rings. The first kappa shape index (κ1) is 92.1. The van der Waals surface area contributed by atoms with Crippen LogP contribution in [-0.4, -0.2) is 226 Å². The van der Waals surface area contributed by atoms with Crippen molar-refractivity contribution < 1.29 is 67.7 Å². The molecule has 28 N–H and O–H groups in total. The molecule has 6 rings (SSSR count). The van der Waals surface area contributed by atoms with E-state index in [4.69, 9.17) is 44.6 Å². The van der Waals surface area contributed by atoms with Crippen LogP contribution in [0.4, 0.5) is 0 Å². The number of thiophene rings is 1. The predicted molar refractivity (Wildman–Crippen MR) is 437 cm³/mol. The third kappa shape index (κ3) is 29.0. The minimum Gasteiger partial charge on any atom is -0.480 e. The molecule has 3 aromatic carbocycles. The van der Waals surface area contributed by atoms with Crippen molar-refractivity contribution in [3.63, 3.8) is 0 Å². The number of aliphatic hydroxyl groups is 1. The fourth-order valence-electron chi connectivity index (χ4n) is 13.0. The van der Waals surface area contributed by atoms with Gasteiger partial charge in [-0.1, -0.05) is 103 Å². The van der Waals surface area contributed by atoms with E-state index in [2.05, 4.69) is 74.4 Å². The number of carboxylic acids is 1. The van der Waals surface area contributed by atoms with Crippen molar-refractivity contribution in [2.24, 2.45) is 28.3 Å². The summed E-state index contributed by atoms with van der Waals surface area (Å²) in [4.78, 5) is 179. The van der Waals surface area contributed by atoms with Crippen LogP contribution in [0.5, 0.6) is 0 Å². The Hall–Kier alpha value is -10.7. The first-order valence-electron chi connectivity index (χ1n) is 37.6. The standard InChI is InChI=1S/C74H111N23O14S3/c1-39(98)55(65(107)91-49(24-17-32-86-72(81)82)61(103)96-57(68(110)111)73(3,4)5)94-66(108)56-74(6,7)114-113-38-52(87-40(2)99)63(105)90-47(22-15-30-84-70(77)78)59(101)88-46(21-14-29-83-69(75)76)58(100)89-48(23-16-31-85-71(79)80)60(102)92-50(35-41-27-28-42-18-8-9-19-43(42)34-41)62(104)93-51(36-44-37-112-54-26-11-10-20-45(44)54)67(109)97-33-13-12-25-53(97)64(106)95-56/h8-11,18-20,26-28,34,37,39,46-53,55-57,98H,12-17,21-25,29-33,35-36,38H2,1-7H3,(H,87,99)(H,88,101)(H,89,100)(H,90,105)(H,91,107)(H,92,102)(H,93,104)(H,94,108)(H,95,106)(H,96,103)(H,110,111)(H4,75,76,83)(H4,77,78,84)(H4,79,80,85)(H4,81,82,86)/t39-,46+,47-,48+,49+,50+,51+,52+,53+,55+,56-,57-/m1/s1. The number of nitrogens with one attached hydrogen (secondary N) is 18. The fourth-order valence-corrected chi connectivity index (χ4v) is 16.8. The molecule has 11 amide bonds. The Labute approximate surface area is 673 Å². The molecule has 0 saturated carbocycles. The Balaban J connectivity index is 1.53. The van der Waals surface area contributed by atoms with Crippen LogP contribution in [0.1, 0.15) is 130 Å². The Bertz CT molecular complexity index is 4120. The smallest absolute Gasteiger partial charge is 0.326 e. The molecule has 0 radical (unpaired) electrons. The molecule has 0 unspecified atom stereocenters. The molecule has 3 heterocycles. The Morgan fingerprint density at radius 2 is 1.14 bits per heavy atom. The van der Waals surface area contributed by atoms with E-state index in [1.807, 2.05) is 66.0 Å².